The van der Waals surface area contributed by atoms with Crippen LogP contribution in [0.1, 0.15) is 0 Å². The van der Waals surface area contributed by atoms with Crippen molar-refractivity contribution in [1.29, 1.82) is 0 Å². The highest BCUT2D eigenvalue weighted by molar-refractivity contribution is 6.30. The molecule has 0 unspecified atom stereocenters. The summed E-state index contributed by atoms with van der Waals surface area (Å²) in [4.78, 5) is 10.2. The minimum Gasteiger partial charge on any atom is -0.398 e. The van der Waals surface area contributed by atoms with Crippen molar-refractivity contribution in [3.05, 3.63) is 57.4 Å². The third-order valence-corrected chi connectivity index (χ3v) is 2.52. The van der Waals surface area contributed by atoms with E-state index in [2.05, 4.69) is 5.32 Å². The molecule has 5 nitrogen and oxygen atoms in total. The first-order valence-corrected chi connectivity index (χ1v) is 5.60. The monoisotopic (exact) mass is 281 g/mol. The van der Waals surface area contributed by atoms with E-state index in [1.807, 2.05) is 0 Å². The average Bonchev–Trinajstić information content (AvgIpc) is 2.26. The van der Waals surface area contributed by atoms with Gasteiger partial charge in [-0.2, -0.15) is 0 Å². The number of rotatable bonds is 3. The Morgan fingerprint density at radius 3 is 2.47 bits per heavy atom. The molecule has 0 atom stereocenters. The van der Waals surface area contributed by atoms with Gasteiger partial charge in [0.15, 0.2) is 0 Å². The lowest BCUT2D eigenvalue weighted by Crippen LogP contribution is -1.96. The maximum Gasteiger partial charge on any atom is 0.273 e. The summed E-state index contributed by atoms with van der Waals surface area (Å²) in [5, 5.41) is 13.7. The summed E-state index contributed by atoms with van der Waals surface area (Å²) in [5.74, 6) is -0.506. The quantitative estimate of drug-likeness (QED) is 0.510. The molecule has 2 rings (SSSR count). The fourth-order valence-corrected chi connectivity index (χ4v) is 1.83. The van der Waals surface area contributed by atoms with Crippen LogP contribution in [0.3, 0.4) is 0 Å². The van der Waals surface area contributed by atoms with Crippen molar-refractivity contribution in [3.63, 3.8) is 0 Å². The fourth-order valence-electron chi connectivity index (χ4n) is 1.60. The van der Waals surface area contributed by atoms with Crippen LogP contribution in [0.4, 0.5) is 27.1 Å². The van der Waals surface area contributed by atoms with Gasteiger partial charge in [0.25, 0.3) is 5.69 Å². The number of anilines is 3. The average molecular weight is 282 g/mol. The summed E-state index contributed by atoms with van der Waals surface area (Å²) >= 11 is 5.72. The number of nitro benzene ring substituents is 1. The maximum absolute atomic E-state index is 13.2. The van der Waals surface area contributed by atoms with E-state index < -0.39 is 10.7 Å². The summed E-state index contributed by atoms with van der Waals surface area (Å²) in [7, 11) is 0. The molecule has 0 fully saturated rings. The zero-order valence-corrected chi connectivity index (χ0v) is 10.3. The molecule has 7 heteroatoms. The minimum absolute atomic E-state index is 0.148. The van der Waals surface area contributed by atoms with E-state index in [0.29, 0.717) is 11.4 Å². The number of hydrogen-bond donors (Lipinski definition) is 2. The van der Waals surface area contributed by atoms with Crippen molar-refractivity contribution in [2.75, 3.05) is 11.1 Å². The Morgan fingerprint density at radius 2 is 1.84 bits per heavy atom. The highest BCUT2D eigenvalue weighted by atomic mass is 35.5. The molecule has 2 aromatic carbocycles. The second kappa shape index (κ2) is 5.11. The SMILES string of the molecule is Nc1cc(Nc2cc(F)cc(Cl)c2)cc([N+](=O)[O-])c1. The fraction of sp³-hybridized carbons (Fsp3) is 0. The second-order valence-corrected chi connectivity index (χ2v) is 4.29. The summed E-state index contributed by atoms with van der Waals surface area (Å²) < 4.78 is 13.2. The molecule has 0 saturated heterocycles. The van der Waals surface area contributed by atoms with Gasteiger partial charge in [-0.3, -0.25) is 10.1 Å². The maximum atomic E-state index is 13.2. The van der Waals surface area contributed by atoms with E-state index in [4.69, 9.17) is 17.3 Å². The van der Waals surface area contributed by atoms with Crippen molar-refractivity contribution < 1.29 is 9.31 Å². The molecule has 0 aliphatic heterocycles. The van der Waals surface area contributed by atoms with Gasteiger partial charge in [0.05, 0.1) is 4.92 Å². The van der Waals surface area contributed by atoms with Crippen LogP contribution in [-0.2, 0) is 0 Å². The lowest BCUT2D eigenvalue weighted by molar-refractivity contribution is -0.384. The standard InChI is InChI=1S/C12H9ClFN3O2/c13-7-1-8(14)3-10(2-7)16-11-4-9(15)5-12(6-11)17(18)19/h1-6,16H,15H2. The molecule has 0 spiro atoms. The molecular formula is C12H9ClFN3O2. The number of hydrogen-bond acceptors (Lipinski definition) is 4. The lowest BCUT2D eigenvalue weighted by Gasteiger charge is -2.08. The number of benzene rings is 2. The van der Waals surface area contributed by atoms with Gasteiger partial charge in [-0.15, -0.1) is 0 Å². The van der Waals surface area contributed by atoms with Crippen molar-refractivity contribution in [2.24, 2.45) is 0 Å². The van der Waals surface area contributed by atoms with Crippen molar-refractivity contribution in [1.82, 2.24) is 0 Å². The molecule has 0 aliphatic carbocycles. The summed E-state index contributed by atoms with van der Waals surface area (Å²) in [6.45, 7) is 0. The van der Waals surface area contributed by atoms with Gasteiger partial charge in [0, 0.05) is 34.2 Å². The number of non-ortho nitro benzene ring substituents is 1. The van der Waals surface area contributed by atoms with Crippen molar-refractivity contribution in [3.8, 4) is 0 Å². The molecular weight excluding hydrogens is 273 g/mol. The van der Waals surface area contributed by atoms with Crippen LogP contribution in [0.2, 0.25) is 5.02 Å². The number of halogens is 2. The van der Waals surface area contributed by atoms with Crippen molar-refractivity contribution >= 4 is 34.4 Å². The van der Waals surface area contributed by atoms with Gasteiger partial charge in [-0.05, 0) is 24.3 Å². The van der Waals surface area contributed by atoms with E-state index in [1.165, 1.54) is 30.3 Å². The van der Waals surface area contributed by atoms with E-state index >= 15 is 0 Å². The minimum atomic E-state index is -0.555. The third kappa shape index (κ3) is 3.32. The lowest BCUT2D eigenvalue weighted by atomic mass is 10.2. The van der Waals surface area contributed by atoms with E-state index in [1.54, 1.807) is 0 Å². The Hall–Kier alpha value is -2.34. The molecule has 0 aromatic heterocycles. The number of nitro groups is 1. The molecule has 0 amide bonds. The van der Waals surface area contributed by atoms with Crippen molar-refractivity contribution in [2.45, 2.75) is 0 Å². The van der Waals surface area contributed by atoms with Crippen LogP contribution >= 0.6 is 11.6 Å². The predicted molar refractivity (Wildman–Crippen MR) is 72.2 cm³/mol. The molecule has 0 radical (unpaired) electrons. The van der Waals surface area contributed by atoms with E-state index in [9.17, 15) is 14.5 Å². The summed E-state index contributed by atoms with van der Waals surface area (Å²) in [5.41, 5.74) is 6.42. The predicted octanol–water partition coefficient (Wildman–Crippen LogP) is 3.71. The third-order valence-electron chi connectivity index (χ3n) is 2.30. The molecule has 0 heterocycles. The van der Waals surface area contributed by atoms with E-state index in [0.717, 1.165) is 6.07 Å². The first-order chi connectivity index (χ1) is 8.94. The summed E-state index contributed by atoms with van der Waals surface area (Å²) in [6, 6.07) is 7.93. The highest BCUT2D eigenvalue weighted by Crippen LogP contribution is 2.27. The Bertz CT molecular complexity index is 629. The zero-order chi connectivity index (χ0) is 14.0. The first kappa shape index (κ1) is 13.1. The Kier molecular flexibility index (Phi) is 3.52. The number of nitrogens with one attached hydrogen (secondary N) is 1. The molecule has 0 saturated carbocycles. The smallest absolute Gasteiger partial charge is 0.273 e. The topological polar surface area (TPSA) is 81.2 Å². The van der Waals surface area contributed by atoms with Gasteiger partial charge in [-0.1, -0.05) is 11.6 Å². The van der Waals surface area contributed by atoms with Crippen LogP contribution in [-0.4, -0.2) is 4.92 Å². The molecule has 98 valence electrons. The van der Waals surface area contributed by atoms with Crippen LogP contribution in [0.5, 0.6) is 0 Å². The second-order valence-electron chi connectivity index (χ2n) is 3.85. The normalized spacial score (nSPS) is 10.2. The molecule has 2 aromatic rings. The molecule has 0 bridgehead atoms. The van der Waals surface area contributed by atoms with Crippen LogP contribution in [0.15, 0.2) is 36.4 Å². The Balaban J connectivity index is 2.35. The number of nitrogen functional groups attached to an aromatic ring is 1. The van der Waals surface area contributed by atoms with Crippen LogP contribution in [0.25, 0.3) is 0 Å². The molecule has 3 N–H and O–H groups in total. The first-order valence-electron chi connectivity index (χ1n) is 5.22. The highest BCUT2D eigenvalue weighted by Gasteiger charge is 2.09. The van der Waals surface area contributed by atoms with E-state index in [-0.39, 0.29) is 16.4 Å². The van der Waals surface area contributed by atoms with Crippen LogP contribution in [0, 0.1) is 15.9 Å². The van der Waals surface area contributed by atoms with Gasteiger partial charge in [0.1, 0.15) is 5.82 Å². The largest absolute Gasteiger partial charge is 0.398 e. The van der Waals surface area contributed by atoms with Gasteiger partial charge < -0.3 is 11.1 Å². The zero-order valence-electron chi connectivity index (χ0n) is 9.56. The van der Waals surface area contributed by atoms with Crippen LogP contribution < -0.4 is 11.1 Å². The summed E-state index contributed by atoms with van der Waals surface area (Å²) in [6.07, 6.45) is 0. The number of nitrogens with zero attached hydrogens (tertiary/aromatic N) is 1. The van der Waals surface area contributed by atoms with Gasteiger partial charge in [0.2, 0.25) is 0 Å². The molecule has 0 aliphatic rings. The van der Waals surface area contributed by atoms with Gasteiger partial charge in [-0.25, -0.2) is 4.39 Å². The van der Waals surface area contributed by atoms with Gasteiger partial charge >= 0.3 is 0 Å². The Labute approximate surface area is 113 Å². The molecule has 19 heavy (non-hydrogen) atoms. The number of nitrogens with two attached hydrogens (primary N) is 1. The Morgan fingerprint density at radius 1 is 1.16 bits per heavy atom.